The Kier molecular flexibility index (Phi) is 5.19. The molecule has 0 radical (unpaired) electrons. The fraction of sp³-hybridized carbons (Fsp3) is 0.192. The van der Waals surface area contributed by atoms with Crippen LogP contribution in [0.2, 0.25) is 0 Å². The third kappa shape index (κ3) is 3.64. The van der Waals surface area contributed by atoms with Gasteiger partial charge >= 0.3 is 0 Å². The van der Waals surface area contributed by atoms with Crippen LogP contribution in [0.5, 0.6) is 0 Å². The van der Waals surface area contributed by atoms with Gasteiger partial charge in [-0.1, -0.05) is 36.4 Å². The van der Waals surface area contributed by atoms with Crippen molar-refractivity contribution in [2.45, 2.75) is 31.6 Å². The van der Waals surface area contributed by atoms with Crippen LogP contribution in [0.15, 0.2) is 100 Å². The number of Topliss-reactive ketones (excluding diaryl/α,β-unsaturated/α-hetero) is 1. The van der Waals surface area contributed by atoms with E-state index in [9.17, 15) is 9.59 Å². The molecule has 0 bridgehead atoms. The van der Waals surface area contributed by atoms with Crippen molar-refractivity contribution in [3.8, 4) is 0 Å². The first-order valence-electron chi connectivity index (χ1n) is 10.7. The molecule has 1 aliphatic heterocycles. The largest absolute Gasteiger partial charge is 0.469 e. The molecule has 2 N–H and O–H groups in total. The summed E-state index contributed by atoms with van der Waals surface area (Å²) in [4.78, 5) is 31.0. The lowest BCUT2D eigenvalue weighted by molar-refractivity contribution is -0.116. The number of carbonyl (C=O) groups is 2. The number of nitrogens with zero attached hydrogens (tertiary/aromatic N) is 1. The number of anilines is 1. The van der Waals surface area contributed by atoms with Crippen molar-refractivity contribution < 1.29 is 14.0 Å². The summed E-state index contributed by atoms with van der Waals surface area (Å²) in [5.74, 6) is 0.582. The highest BCUT2D eigenvalue weighted by Gasteiger charge is 2.41. The normalized spacial score (nSPS) is 20.6. The van der Waals surface area contributed by atoms with Crippen molar-refractivity contribution in [2.75, 3.05) is 5.32 Å². The summed E-state index contributed by atoms with van der Waals surface area (Å²) in [5, 5.41) is 6.26. The molecule has 6 heteroatoms. The number of amides is 1. The van der Waals surface area contributed by atoms with Gasteiger partial charge in [-0.3, -0.25) is 9.59 Å². The highest BCUT2D eigenvalue weighted by Crippen LogP contribution is 2.45. The Morgan fingerprint density at radius 3 is 2.59 bits per heavy atom. The second-order valence-electron chi connectivity index (χ2n) is 8.11. The molecule has 160 valence electrons. The average molecular weight is 425 g/mol. The number of benzene rings is 1. The topological polar surface area (TPSA) is 84.2 Å². The minimum atomic E-state index is -0.443. The van der Waals surface area contributed by atoms with Crippen LogP contribution < -0.4 is 10.6 Å². The molecule has 0 saturated carbocycles. The molecule has 1 aromatic carbocycles. The molecule has 0 unspecified atom stereocenters. The first-order chi connectivity index (χ1) is 15.6. The van der Waals surface area contributed by atoms with Crippen LogP contribution in [0.3, 0.4) is 0 Å². The van der Waals surface area contributed by atoms with Crippen LogP contribution in [0.1, 0.15) is 42.9 Å². The number of hydrogen-bond donors (Lipinski definition) is 2. The molecule has 2 aliphatic rings. The Hall–Kier alpha value is -3.93. The molecule has 0 saturated heterocycles. The van der Waals surface area contributed by atoms with Gasteiger partial charge in [-0.25, -0.2) is 4.98 Å². The van der Waals surface area contributed by atoms with Gasteiger partial charge in [-0.05, 0) is 43.2 Å². The number of nitrogens with one attached hydrogen (secondary N) is 2. The lowest BCUT2D eigenvalue weighted by Gasteiger charge is -2.36. The monoisotopic (exact) mass is 425 g/mol. The van der Waals surface area contributed by atoms with E-state index in [0.29, 0.717) is 29.8 Å². The molecular weight excluding hydrogens is 402 g/mol. The molecule has 3 heterocycles. The zero-order valence-corrected chi connectivity index (χ0v) is 17.7. The summed E-state index contributed by atoms with van der Waals surface area (Å²) >= 11 is 0. The van der Waals surface area contributed by atoms with Gasteiger partial charge in [0.15, 0.2) is 5.78 Å². The molecular formula is C26H23N3O3. The minimum Gasteiger partial charge on any atom is -0.469 e. The van der Waals surface area contributed by atoms with Crippen LogP contribution in [0, 0.1) is 0 Å². The second-order valence-corrected chi connectivity index (χ2v) is 8.11. The number of furan rings is 1. The van der Waals surface area contributed by atoms with Crippen LogP contribution in [-0.4, -0.2) is 16.7 Å². The molecule has 0 spiro atoms. The van der Waals surface area contributed by atoms with E-state index in [1.165, 1.54) is 0 Å². The molecule has 3 aromatic rings. The van der Waals surface area contributed by atoms with Gasteiger partial charge in [-0.15, -0.1) is 0 Å². The van der Waals surface area contributed by atoms with Crippen molar-refractivity contribution in [3.05, 3.63) is 107 Å². The third-order valence-corrected chi connectivity index (χ3v) is 6.06. The third-order valence-electron chi connectivity index (χ3n) is 6.06. The predicted octanol–water partition coefficient (Wildman–Crippen LogP) is 4.67. The van der Waals surface area contributed by atoms with E-state index in [1.807, 2.05) is 55.5 Å². The molecule has 5 rings (SSSR count). The lowest BCUT2D eigenvalue weighted by atomic mass is 9.72. The Bertz CT molecular complexity index is 1210. The Balaban J connectivity index is 1.56. The van der Waals surface area contributed by atoms with Gasteiger partial charge in [0.25, 0.3) is 5.91 Å². The number of rotatable bonds is 4. The quantitative estimate of drug-likeness (QED) is 0.634. The fourth-order valence-electron chi connectivity index (χ4n) is 4.66. The van der Waals surface area contributed by atoms with E-state index < -0.39 is 5.92 Å². The number of aromatic nitrogens is 1. The Morgan fingerprint density at radius 2 is 1.88 bits per heavy atom. The molecule has 2 aromatic heterocycles. The standard InChI is InChI=1S/C26H23N3O3/c1-16-23(26(31)29-22-11-5-6-12-27-22)24(17-8-3-2-4-9-17)25-19(28-16)14-18(15-20(25)30)21-10-7-13-32-21/h2-13,18,24,28H,14-15H2,1H3,(H,27,29,31)/t18-,24-/m1/s1. The molecule has 1 aliphatic carbocycles. The molecule has 32 heavy (non-hydrogen) atoms. The van der Waals surface area contributed by atoms with E-state index >= 15 is 0 Å². The van der Waals surface area contributed by atoms with Gasteiger partial charge in [0, 0.05) is 47.0 Å². The van der Waals surface area contributed by atoms with Crippen molar-refractivity contribution in [3.63, 3.8) is 0 Å². The average Bonchev–Trinajstić information content (AvgIpc) is 3.34. The van der Waals surface area contributed by atoms with E-state index in [0.717, 1.165) is 22.7 Å². The number of carbonyl (C=O) groups excluding carboxylic acids is 2. The first-order valence-corrected chi connectivity index (χ1v) is 10.7. The molecule has 6 nitrogen and oxygen atoms in total. The van der Waals surface area contributed by atoms with E-state index in [2.05, 4.69) is 15.6 Å². The van der Waals surface area contributed by atoms with Crippen LogP contribution >= 0.6 is 0 Å². The van der Waals surface area contributed by atoms with Crippen molar-refractivity contribution in [1.82, 2.24) is 10.3 Å². The van der Waals surface area contributed by atoms with Crippen molar-refractivity contribution >= 4 is 17.5 Å². The Labute approximate surface area is 186 Å². The van der Waals surface area contributed by atoms with Gasteiger partial charge in [0.2, 0.25) is 0 Å². The van der Waals surface area contributed by atoms with E-state index in [1.54, 1.807) is 24.6 Å². The summed E-state index contributed by atoms with van der Waals surface area (Å²) in [6, 6.07) is 18.8. The maximum atomic E-state index is 13.4. The summed E-state index contributed by atoms with van der Waals surface area (Å²) in [6.45, 7) is 1.88. The SMILES string of the molecule is CC1=C(C(=O)Nc2ccccn2)[C@@H](c2ccccc2)C2=C(C[C@@H](c3ccco3)CC2=O)N1. The minimum absolute atomic E-state index is 0.0168. The predicted molar refractivity (Wildman–Crippen MR) is 121 cm³/mol. The fourth-order valence-corrected chi connectivity index (χ4v) is 4.66. The zero-order valence-electron chi connectivity index (χ0n) is 17.7. The van der Waals surface area contributed by atoms with Gasteiger partial charge < -0.3 is 15.1 Å². The number of pyridine rings is 1. The molecule has 0 fully saturated rings. The van der Waals surface area contributed by atoms with Crippen molar-refractivity contribution in [2.24, 2.45) is 0 Å². The summed E-state index contributed by atoms with van der Waals surface area (Å²) in [6.07, 6.45) is 4.27. The molecule has 1 amide bonds. The van der Waals surface area contributed by atoms with E-state index in [4.69, 9.17) is 4.42 Å². The summed E-state index contributed by atoms with van der Waals surface area (Å²) < 4.78 is 5.58. The maximum absolute atomic E-state index is 13.4. The number of hydrogen-bond acceptors (Lipinski definition) is 5. The maximum Gasteiger partial charge on any atom is 0.255 e. The number of allylic oxidation sites excluding steroid dienone is 3. The van der Waals surface area contributed by atoms with Crippen LogP contribution in [0.25, 0.3) is 0 Å². The highest BCUT2D eigenvalue weighted by molar-refractivity contribution is 6.09. The summed E-state index contributed by atoms with van der Waals surface area (Å²) in [7, 11) is 0. The van der Waals surface area contributed by atoms with E-state index in [-0.39, 0.29) is 17.6 Å². The smallest absolute Gasteiger partial charge is 0.255 e. The Morgan fingerprint density at radius 1 is 1.06 bits per heavy atom. The zero-order chi connectivity index (χ0) is 22.1. The highest BCUT2D eigenvalue weighted by atomic mass is 16.3. The van der Waals surface area contributed by atoms with Crippen LogP contribution in [0.4, 0.5) is 5.82 Å². The molecule has 2 atom stereocenters. The van der Waals surface area contributed by atoms with Gasteiger partial charge in [0.05, 0.1) is 6.26 Å². The second kappa shape index (κ2) is 8.30. The summed E-state index contributed by atoms with van der Waals surface area (Å²) in [5.41, 5.74) is 3.71. The van der Waals surface area contributed by atoms with Crippen LogP contribution in [-0.2, 0) is 9.59 Å². The number of ketones is 1. The van der Waals surface area contributed by atoms with Gasteiger partial charge in [-0.2, -0.15) is 0 Å². The lowest BCUT2D eigenvalue weighted by Crippen LogP contribution is -2.37. The van der Waals surface area contributed by atoms with Crippen molar-refractivity contribution in [1.29, 1.82) is 0 Å². The first kappa shape index (κ1) is 20.0. The van der Waals surface area contributed by atoms with Gasteiger partial charge in [0.1, 0.15) is 11.6 Å². The number of dihydropyridines is 1.